The molecule has 0 saturated heterocycles. The van der Waals surface area contributed by atoms with Crippen molar-refractivity contribution < 1.29 is 9.59 Å². The van der Waals surface area contributed by atoms with Crippen LogP contribution in [0.3, 0.4) is 0 Å². The summed E-state index contributed by atoms with van der Waals surface area (Å²) in [5.74, 6) is 1.31. The molecular weight excluding hydrogens is 629 g/mol. The standard InChI is InChI=1S/C35H32N8O2S2/c1-24-13-17-26(18-14-24)36-32(44)22-46-34-40-38-30(42(34)28-9-5-3-6-10-28)21-31-39-41-35(43(31)29-11-7-4-8-12-29)47-23-33(45)37-27-19-15-25(2)16-20-27/h3-20H,21-23H2,1-2H3,(H,36,44)(H,37,45). The van der Waals surface area contributed by atoms with E-state index in [-0.39, 0.29) is 23.3 Å². The summed E-state index contributed by atoms with van der Waals surface area (Å²) < 4.78 is 3.88. The van der Waals surface area contributed by atoms with E-state index in [2.05, 4.69) is 31.0 Å². The molecule has 2 heterocycles. The number of amides is 2. The van der Waals surface area contributed by atoms with Crippen LogP contribution in [0.2, 0.25) is 0 Å². The largest absolute Gasteiger partial charge is 0.325 e. The van der Waals surface area contributed by atoms with Crippen LogP contribution in [-0.2, 0) is 16.0 Å². The highest BCUT2D eigenvalue weighted by Gasteiger charge is 2.22. The van der Waals surface area contributed by atoms with Gasteiger partial charge in [0.25, 0.3) is 0 Å². The number of anilines is 2. The van der Waals surface area contributed by atoms with E-state index in [0.29, 0.717) is 28.4 Å². The molecule has 2 aromatic heterocycles. The highest BCUT2D eigenvalue weighted by Crippen LogP contribution is 2.27. The smallest absolute Gasteiger partial charge is 0.234 e. The summed E-state index contributed by atoms with van der Waals surface area (Å²) in [5.41, 5.74) is 5.46. The van der Waals surface area contributed by atoms with Crippen molar-refractivity contribution >= 4 is 46.7 Å². The number of benzene rings is 4. The fraction of sp³-hybridized carbons (Fsp3) is 0.143. The van der Waals surface area contributed by atoms with E-state index in [1.54, 1.807) is 0 Å². The minimum atomic E-state index is -0.139. The second kappa shape index (κ2) is 14.9. The fourth-order valence-electron chi connectivity index (χ4n) is 4.76. The van der Waals surface area contributed by atoms with Gasteiger partial charge < -0.3 is 10.6 Å². The van der Waals surface area contributed by atoms with Gasteiger partial charge in [-0.1, -0.05) is 95.3 Å². The molecule has 0 aliphatic heterocycles. The lowest BCUT2D eigenvalue weighted by Gasteiger charge is -2.12. The summed E-state index contributed by atoms with van der Waals surface area (Å²) >= 11 is 2.62. The highest BCUT2D eigenvalue weighted by atomic mass is 32.2. The third kappa shape index (κ3) is 8.15. The number of aromatic nitrogens is 6. The molecule has 47 heavy (non-hydrogen) atoms. The molecule has 0 bridgehead atoms. The molecule has 0 fully saturated rings. The van der Waals surface area contributed by atoms with Crippen LogP contribution < -0.4 is 10.6 Å². The molecule has 4 aromatic carbocycles. The van der Waals surface area contributed by atoms with Gasteiger partial charge in [0.05, 0.1) is 17.9 Å². The molecule has 0 atom stereocenters. The Bertz CT molecular complexity index is 1820. The molecule has 0 aliphatic carbocycles. The monoisotopic (exact) mass is 660 g/mol. The molecule has 2 N–H and O–H groups in total. The normalized spacial score (nSPS) is 10.9. The van der Waals surface area contributed by atoms with E-state index >= 15 is 0 Å². The minimum Gasteiger partial charge on any atom is -0.325 e. The quantitative estimate of drug-likeness (QED) is 0.143. The van der Waals surface area contributed by atoms with Crippen LogP contribution in [0.4, 0.5) is 11.4 Å². The number of para-hydroxylation sites is 2. The van der Waals surface area contributed by atoms with Crippen LogP contribution in [-0.4, -0.2) is 52.8 Å². The maximum atomic E-state index is 12.8. The number of hydrogen-bond donors (Lipinski definition) is 2. The summed E-state index contributed by atoms with van der Waals surface area (Å²) in [4.78, 5) is 25.6. The number of nitrogens with zero attached hydrogens (tertiary/aromatic N) is 6. The van der Waals surface area contributed by atoms with Crippen molar-refractivity contribution in [3.8, 4) is 11.4 Å². The summed E-state index contributed by atoms with van der Waals surface area (Å²) in [6.45, 7) is 4.01. The summed E-state index contributed by atoms with van der Waals surface area (Å²) in [7, 11) is 0. The Morgan fingerprint density at radius 2 is 0.936 bits per heavy atom. The zero-order valence-corrected chi connectivity index (χ0v) is 27.5. The van der Waals surface area contributed by atoms with E-state index in [1.165, 1.54) is 23.5 Å². The van der Waals surface area contributed by atoms with Gasteiger partial charge in [-0.15, -0.1) is 20.4 Å². The van der Waals surface area contributed by atoms with Gasteiger partial charge in [-0.3, -0.25) is 18.7 Å². The Morgan fingerprint density at radius 3 is 1.32 bits per heavy atom. The van der Waals surface area contributed by atoms with Crippen molar-refractivity contribution in [2.24, 2.45) is 0 Å². The molecule has 10 nitrogen and oxygen atoms in total. The lowest BCUT2D eigenvalue weighted by molar-refractivity contribution is -0.114. The van der Waals surface area contributed by atoms with Gasteiger partial charge in [0.2, 0.25) is 11.8 Å². The average Bonchev–Trinajstić information content (AvgIpc) is 3.69. The van der Waals surface area contributed by atoms with Gasteiger partial charge in [0, 0.05) is 22.7 Å². The topological polar surface area (TPSA) is 120 Å². The molecule has 0 unspecified atom stereocenters. The first-order valence-electron chi connectivity index (χ1n) is 14.9. The third-order valence-electron chi connectivity index (χ3n) is 7.08. The number of nitrogens with one attached hydrogen (secondary N) is 2. The van der Waals surface area contributed by atoms with Crippen LogP contribution in [0, 0.1) is 13.8 Å². The summed E-state index contributed by atoms with van der Waals surface area (Å²) in [5, 5.41) is 25.1. The van der Waals surface area contributed by atoms with Gasteiger partial charge in [-0.25, -0.2) is 0 Å². The zero-order chi connectivity index (χ0) is 32.6. The number of aryl methyl sites for hydroxylation is 2. The Morgan fingerprint density at radius 1 is 0.553 bits per heavy atom. The van der Waals surface area contributed by atoms with E-state index in [1.807, 2.05) is 132 Å². The molecule has 2 amide bonds. The molecule has 236 valence electrons. The van der Waals surface area contributed by atoms with Crippen molar-refractivity contribution in [2.45, 2.75) is 30.6 Å². The van der Waals surface area contributed by atoms with Crippen molar-refractivity contribution in [1.29, 1.82) is 0 Å². The number of rotatable bonds is 12. The van der Waals surface area contributed by atoms with Crippen molar-refractivity contribution in [1.82, 2.24) is 29.5 Å². The van der Waals surface area contributed by atoms with Crippen LogP contribution in [0.15, 0.2) is 120 Å². The van der Waals surface area contributed by atoms with Gasteiger partial charge in [0.1, 0.15) is 11.6 Å². The molecule has 0 aliphatic rings. The Labute approximate surface area is 281 Å². The molecule has 0 spiro atoms. The Hall–Kier alpha value is -5.20. The molecule has 0 radical (unpaired) electrons. The van der Waals surface area contributed by atoms with E-state index in [0.717, 1.165) is 33.9 Å². The predicted octanol–water partition coefficient (Wildman–Crippen LogP) is 6.52. The first-order valence-corrected chi connectivity index (χ1v) is 16.9. The van der Waals surface area contributed by atoms with E-state index in [4.69, 9.17) is 0 Å². The van der Waals surface area contributed by atoms with Gasteiger partial charge >= 0.3 is 0 Å². The number of hydrogen-bond acceptors (Lipinski definition) is 8. The Balaban J connectivity index is 1.23. The van der Waals surface area contributed by atoms with Crippen molar-refractivity contribution in [2.75, 3.05) is 22.1 Å². The number of carbonyl (C=O) groups is 2. The number of thioether (sulfide) groups is 2. The van der Waals surface area contributed by atoms with E-state index < -0.39 is 0 Å². The second-order valence-electron chi connectivity index (χ2n) is 10.7. The van der Waals surface area contributed by atoms with Gasteiger partial charge in [-0.05, 0) is 62.4 Å². The predicted molar refractivity (Wildman–Crippen MR) is 187 cm³/mol. The van der Waals surface area contributed by atoms with Crippen LogP contribution in [0.1, 0.15) is 22.8 Å². The second-order valence-corrected chi connectivity index (χ2v) is 12.6. The summed E-state index contributed by atoms with van der Waals surface area (Å²) in [6, 6.07) is 34.9. The average molecular weight is 661 g/mol. The molecule has 6 rings (SSSR count). The first-order chi connectivity index (χ1) is 22.9. The number of carbonyl (C=O) groups excluding carboxylic acids is 2. The first kappa shape index (κ1) is 31.8. The van der Waals surface area contributed by atoms with Gasteiger partial charge in [-0.2, -0.15) is 0 Å². The van der Waals surface area contributed by atoms with Crippen LogP contribution in [0.25, 0.3) is 11.4 Å². The zero-order valence-electron chi connectivity index (χ0n) is 25.8. The van der Waals surface area contributed by atoms with Crippen LogP contribution in [0.5, 0.6) is 0 Å². The maximum Gasteiger partial charge on any atom is 0.234 e. The SMILES string of the molecule is Cc1ccc(NC(=O)CSc2nnc(Cc3nnc(SCC(=O)Nc4ccc(C)cc4)n3-c3ccccc3)n2-c2ccccc2)cc1. The van der Waals surface area contributed by atoms with Crippen molar-refractivity contribution in [3.63, 3.8) is 0 Å². The Kier molecular flexibility index (Phi) is 10.1. The fourth-order valence-corrected chi connectivity index (χ4v) is 6.30. The van der Waals surface area contributed by atoms with E-state index in [9.17, 15) is 9.59 Å². The summed E-state index contributed by atoms with van der Waals surface area (Å²) in [6.07, 6.45) is 0.302. The minimum absolute atomic E-state index is 0.139. The molecule has 12 heteroatoms. The van der Waals surface area contributed by atoms with Crippen molar-refractivity contribution in [3.05, 3.63) is 132 Å². The molecular formula is C35H32N8O2S2. The van der Waals surface area contributed by atoms with Gasteiger partial charge in [0.15, 0.2) is 10.3 Å². The third-order valence-corrected chi connectivity index (χ3v) is 8.94. The lowest BCUT2D eigenvalue weighted by atomic mass is 10.2. The molecule has 0 saturated carbocycles. The lowest BCUT2D eigenvalue weighted by Crippen LogP contribution is -2.15. The van der Waals surface area contributed by atoms with Crippen LogP contribution >= 0.6 is 23.5 Å². The maximum absolute atomic E-state index is 12.8. The molecule has 6 aromatic rings. The highest BCUT2D eigenvalue weighted by molar-refractivity contribution is 8.00.